The molecule has 21 heavy (non-hydrogen) atoms. The molecule has 0 spiro atoms. The van der Waals surface area contributed by atoms with Gasteiger partial charge in [0.05, 0.1) is 5.56 Å². The second-order valence-corrected chi connectivity index (χ2v) is 4.85. The largest absolute Gasteiger partial charge is 0.454 e. The summed E-state index contributed by atoms with van der Waals surface area (Å²) in [5.74, 6) is -1.13. The van der Waals surface area contributed by atoms with Crippen molar-refractivity contribution in [2.45, 2.75) is 13.3 Å². The number of halogens is 2. The lowest BCUT2D eigenvalue weighted by Crippen LogP contribution is -2.14. The van der Waals surface area contributed by atoms with Gasteiger partial charge in [0, 0.05) is 16.8 Å². The quantitative estimate of drug-likeness (QED) is 0.848. The minimum atomic E-state index is -0.747. The van der Waals surface area contributed by atoms with E-state index in [1.54, 1.807) is 18.2 Å². The number of ether oxygens (including phenoxy) is 1. The highest BCUT2D eigenvalue weighted by Gasteiger charge is 2.14. The van der Waals surface area contributed by atoms with Crippen molar-refractivity contribution in [2.24, 2.45) is 5.73 Å². The van der Waals surface area contributed by atoms with Crippen LogP contribution in [0.1, 0.15) is 22.8 Å². The molecule has 2 aromatic rings. The summed E-state index contributed by atoms with van der Waals surface area (Å²) in [6.07, 6.45) is 0.715. The van der Waals surface area contributed by atoms with Gasteiger partial charge in [0.1, 0.15) is 5.75 Å². The number of hydrogen-bond acceptors (Lipinski definition) is 3. The summed E-state index contributed by atoms with van der Waals surface area (Å²) >= 11 is 6.01. The predicted octanol–water partition coefficient (Wildman–Crippen LogP) is 3.51. The van der Waals surface area contributed by atoms with Crippen molar-refractivity contribution in [1.82, 2.24) is 0 Å². The van der Waals surface area contributed by atoms with Crippen molar-refractivity contribution < 1.29 is 13.9 Å². The Balaban J connectivity index is 2.39. The van der Waals surface area contributed by atoms with Crippen molar-refractivity contribution in [2.75, 3.05) is 5.73 Å². The second-order valence-electron chi connectivity index (χ2n) is 4.44. The molecule has 6 heteroatoms. The topological polar surface area (TPSA) is 78.3 Å². The fourth-order valence-corrected chi connectivity index (χ4v) is 2.12. The number of carbonyl (C=O) groups is 1. The lowest BCUT2D eigenvalue weighted by molar-refractivity contribution is 0.100. The minimum absolute atomic E-state index is 0.0103. The first-order valence-corrected chi connectivity index (χ1v) is 6.65. The van der Waals surface area contributed by atoms with Crippen LogP contribution in [-0.4, -0.2) is 5.91 Å². The van der Waals surface area contributed by atoms with Crippen LogP contribution < -0.4 is 16.2 Å². The number of rotatable bonds is 4. The van der Waals surface area contributed by atoms with Crippen molar-refractivity contribution >= 4 is 23.2 Å². The fraction of sp³-hybridized carbons (Fsp3) is 0.133. The van der Waals surface area contributed by atoms with E-state index in [9.17, 15) is 9.18 Å². The van der Waals surface area contributed by atoms with E-state index in [1.165, 1.54) is 6.07 Å². The van der Waals surface area contributed by atoms with Gasteiger partial charge in [-0.25, -0.2) is 4.39 Å². The summed E-state index contributed by atoms with van der Waals surface area (Å²) in [5, 5.41) is 0.612. The van der Waals surface area contributed by atoms with Crippen molar-refractivity contribution in [3.05, 3.63) is 52.3 Å². The van der Waals surface area contributed by atoms with Crippen LogP contribution in [0.3, 0.4) is 0 Å². The molecular weight excluding hydrogens is 295 g/mol. The van der Waals surface area contributed by atoms with Gasteiger partial charge in [-0.05, 0) is 36.2 Å². The number of hydrogen-bond donors (Lipinski definition) is 2. The molecule has 0 heterocycles. The van der Waals surface area contributed by atoms with Gasteiger partial charge < -0.3 is 16.2 Å². The monoisotopic (exact) mass is 308 g/mol. The van der Waals surface area contributed by atoms with E-state index in [0.717, 1.165) is 11.6 Å². The molecule has 0 bridgehead atoms. The molecular formula is C15H14ClFN2O2. The van der Waals surface area contributed by atoms with Crippen LogP contribution in [-0.2, 0) is 6.42 Å². The first kappa shape index (κ1) is 15.1. The third kappa shape index (κ3) is 3.25. The van der Waals surface area contributed by atoms with Crippen molar-refractivity contribution in [3.63, 3.8) is 0 Å². The van der Waals surface area contributed by atoms with E-state index in [4.69, 9.17) is 27.8 Å². The molecule has 0 aliphatic rings. The predicted molar refractivity (Wildman–Crippen MR) is 80.2 cm³/mol. The third-order valence-corrected chi connectivity index (χ3v) is 3.36. The maximum atomic E-state index is 13.9. The number of nitrogen functional groups attached to an aromatic ring is 1. The molecule has 2 rings (SSSR count). The Hall–Kier alpha value is -2.27. The molecule has 0 radical (unpaired) electrons. The van der Waals surface area contributed by atoms with Crippen LogP contribution in [0.4, 0.5) is 10.1 Å². The van der Waals surface area contributed by atoms with Gasteiger partial charge in [-0.15, -0.1) is 0 Å². The van der Waals surface area contributed by atoms with E-state index in [0.29, 0.717) is 17.2 Å². The summed E-state index contributed by atoms with van der Waals surface area (Å²) in [7, 11) is 0. The van der Waals surface area contributed by atoms with Gasteiger partial charge in [-0.1, -0.05) is 18.5 Å². The second kappa shape index (κ2) is 6.01. The lowest BCUT2D eigenvalue weighted by atomic mass is 10.1. The first-order valence-electron chi connectivity index (χ1n) is 6.27. The molecule has 0 saturated heterocycles. The number of amides is 1. The minimum Gasteiger partial charge on any atom is -0.454 e. The third-order valence-electron chi connectivity index (χ3n) is 3.00. The highest BCUT2D eigenvalue weighted by Crippen LogP contribution is 2.30. The number of aryl methyl sites for hydroxylation is 1. The summed E-state index contributed by atoms with van der Waals surface area (Å²) < 4.78 is 19.3. The zero-order valence-corrected chi connectivity index (χ0v) is 12.1. The van der Waals surface area contributed by atoms with Gasteiger partial charge in [0.25, 0.3) is 5.91 Å². The fourth-order valence-electron chi connectivity index (χ4n) is 1.87. The standard InChI is InChI=1S/C15H14ClFN2O2/c1-2-8-5-9(3-4-11(8)16)21-14-6-10(15(19)20)13(18)7-12(14)17/h3-7H,2,18H2,1H3,(H2,19,20). The van der Waals surface area contributed by atoms with Gasteiger partial charge in [0.2, 0.25) is 0 Å². The molecule has 0 aliphatic carbocycles. The Kier molecular flexibility index (Phi) is 4.33. The number of carbonyl (C=O) groups excluding carboxylic acids is 1. The lowest BCUT2D eigenvalue weighted by Gasteiger charge is -2.11. The van der Waals surface area contributed by atoms with E-state index in [2.05, 4.69) is 0 Å². The van der Waals surface area contributed by atoms with Crippen molar-refractivity contribution in [1.29, 1.82) is 0 Å². The van der Waals surface area contributed by atoms with Crippen LogP contribution in [0.15, 0.2) is 30.3 Å². The molecule has 0 aliphatic heterocycles. The maximum absolute atomic E-state index is 13.9. The van der Waals surface area contributed by atoms with Crippen molar-refractivity contribution in [3.8, 4) is 11.5 Å². The van der Waals surface area contributed by atoms with E-state index in [-0.39, 0.29) is 17.0 Å². The summed E-state index contributed by atoms with van der Waals surface area (Å²) in [4.78, 5) is 11.2. The molecule has 4 nitrogen and oxygen atoms in total. The molecule has 0 saturated carbocycles. The molecule has 0 atom stereocenters. The highest BCUT2D eigenvalue weighted by molar-refractivity contribution is 6.31. The van der Waals surface area contributed by atoms with Gasteiger partial charge in [0.15, 0.2) is 11.6 Å². The van der Waals surface area contributed by atoms with Crippen LogP contribution in [0, 0.1) is 5.82 Å². The summed E-state index contributed by atoms with van der Waals surface area (Å²) in [6, 6.07) is 7.18. The summed E-state index contributed by atoms with van der Waals surface area (Å²) in [6.45, 7) is 1.94. The zero-order chi connectivity index (χ0) is 15.6. The average Bonchev–Trinajstić information content (AvgIpc) is 2.43. The molecule has 110 valence electrons. The number of benzene rings is 2. The Morgan fingerprint density at radius 2 is 2.05 bits per heavy atom. The van der Waals surface area contributed by atoms with Gasteiger partial charge >= 0.3 is 0 Å². The van der Waals surface area contributed by atoms with Gasteiger partial charge in [-0.3, -0.25) is 4.79 Å². The Bertz CT molecular complexity index is 704. The SMILES string of the molecule is CCc1cc(Oc2cc(C(N)=O)c(N)cc2F)ccc1Cl. The maximum Gasteiger partial charge on any atom is 0.250 e. The summed E-state index contributed by atoms with van der Waals surface area (Å²) in [5.41, 5.74) is 11.6. The molecule has 0 unspecified atom stereocenters. The number of primary amides is 1. The normalized spacial score (nSPS) is 10.4. The number of nitrogens with two attached hydrogens (primary N) is 2. The van der Waals surface area contributed by atoms with Crippen LogP contribution in [0.2, 0.25) is 5.02 Å². The van der Waals surface area contributed by atoms with Crippen LogP contribution in [0.25, 0.3) is 0 Å². The molecule has 2 aromatic carbocycles. The highest BCUT2D eigenvalue weighted by atomic mass is 35.5. The van der Waals surface area contributed by atoms with Crippen LogP contribution >= 0.6 is 11.6 Å². The van der Waals surface area contributed by atoms with E-state index >= 15 is 0 Å². The smallest absolute Gasteiger partial charge is 0.250 e. The van der Waals surface area contributed by atoms with Gasteiger partial charge in [-0.2, -0.15) is 0 Å². The Labute approximate surface area is 126 Å². The zero-order valence-electron chi connectivity index (χ0n) is 11.3. The van der Waals surface area contributed by atoms with Crippen LogP contribution in [0.5, 0.6) is 11.5 Å². The van der Waals surface area contributed by atoms with E-state index < -0.39 is 11.7 Å². The first-order chi connectivity index (χ1) is 9.92. The molecule has 0 aromatic heterocycles. The molecule has 0 fully saturated rings. The average molecular weight is 309 g/mol. The molecule has 1 amide bonds. The van der Waals surface area contributed by atoms with E-state index in [1.807, 2.05) is 6.92 Å². The molecule has 4 N–H and O–H groups in total. The Morgan fingerprint density at radius 3 is 2.67 bits per heavy atom. The number of anilines is 1. The Morgan fingerprint density at radius 1 is 1.33 bits per heavy atom.